The van der Waals surface area contributed by atoms with Crippen molar-refractivity contribution in [1.82, 2.24) is 0 Å². The van der Waals surface area contributed by atoms with Gasteiger partial charge in [-0.25, -0.2) is 0 Å². The van der Waals surface area contributed by atoms with Crippen LogP contribution in [0.15, 0.2) is 36.1 Å². The van der Waals surface area contributed by atoms with E-state index >= 15 is 0 Å². The van der Waals surface area contributed by atoms with E-state index < -0.39 is 6.10 Å². The molecule has 0 fully saturated rings. The molecule has 0 saturated carbocycles. The SMILES string of the molecule is O=CC1=COc2ccccc2C1O. The van der Waals surface area contributed by atoms with Gasteiger partial charge in [0.25, 0.3) is 0 Å². The number of para-hydroxylation sites is 1. The molecule has 3 heteroatoms. The lowest BCUT2D eigenvalue weighted by molar-refractivity contribution is -0.106. The molecule has 0 amide bonds. The topological polar surface area (TPSA) is 46.5 Å². The summed E-state index contributed by atoms with van der Waals surface area (Å²) in [6.45, 7) is 0. The number of hydrogen-bond donors (Lipinski definition) is 1. The van der Waals surface area contributed by atoms with Crippen molar-refractivity contribution in [3.8, 4) is 5.75 Å². The molecule has 0 aromatic heterocycles. The lowest BCUT2D eigenvalue weighted by Crippen LogP contribution is -2.10. The van der Waals surface area contributed by atoms with Crippen LogP contribution >= 0.6 is 0 Å². The van der Waals surface area contributed by atoms with E-state index in [2.05, 4.69) is 0 Å². The molecular weight excluding hydrogens is 168 g/mol. The number of fused-ring (bicyclic) bond motifs is 1. The van der Waals surface area contributed by atoms with Crippen LogP contribution in [0.2, 0.25) is 0 Å². The molecule has 0 bridgehead atoms. The second kappa shape index (κ2) is 3.03. The van der Waals surface area contributed by atoms with Crippen LogP contribution in [0.1, 0.15) is 11.7 Å². The predicted octanol–water partition coefficient (Wildman–Crippen LogP) is 1.20. The lowest BCUT2D eigenvalue weighted by Gasteiger charge is -2.19. The molecule has 1 aromatic rings. The van der Waals surface area contributed by atoms with Gasteiger partial charge in [0.05, 0.1) is 5.57 Å². The summed E-state index contributed by atoms with van der Waals surface area (Å²) in [6.07, 6.45) is 1.02. The summed E-state index contributed by atoms with van der Waals surface area (Å²) in [5, 5.41) is 9.64. The molecule has 1 aromatic carbocycles. The summed E-state index contributed by atoms with van der Waals surface area (Å²) in [6, 6.07) is 7.08. The van der Waals surface area contributed by atoms with Gasteiger partial charge in [-0.3, -0.25) is 4.79 Å². The molecule has 1 unspecified atom stereocenters. The van der Waals surface area contributed by atoms with Gasteiger partial charge in [0, 0.05) is 5.56 Å². The molecule has 1 aliphatic rings. The first-order valence-electron chi connectivity index (χ1n) is 3.92. The molecule has 0 radical (unpaired) electrons. The van der Waals surface area contributed by atoms with E-state index in [1.807, 2.05) is 6.07 Å². The molecule has 1 atom stereocenters. The van der Waals surface area contributed by atoms with E-state index in [1.54, 1.807) is 18.2 Å². The Balaban J connectivity index is 2.46. The van der Waals surface area contributed by atoms with Crippen molar-refractivity contribution in [2.75, 3.05) is 0 Å². The van der Waals surface area contributed by atoms with Crippen molar-refractivity contribution >= 4 is 6.29 Å². The van der Waals surface area contributed by atoms with Gasteiger partial charge in [-0.15, -0.1) is 0 Å². The minimum absolute atomic E-state index is 0.249. The van der Waals surface area contributed by atoms with Gasteiger partial charge in [-0.2, -0.15) is 0 Å². The highest BCUT2D eigenvalue weighted by atomic mass is 16.5. The molecule has 3 nitrogen and oxygen atoms in total. The number of ether oxygens (including phenoxy) is 1. The van der Waals surface area contributed by atoms with E-state index in [9.17, 15) is 9.90 Å². The highest BCUT2D eigenvalue weighted by molar-refractivity contribution is 5.76. The van der Waals surface area contributed by atoms with Crippen LogP contribution in [-0.4, -0.2) is 11.4 Å². The third-order valence-corrected chi connectivity index (χ3v) is 1.99. The fraction of sp³-hybridized carbons (Fsp3) is 0.100. The molecule has 0 saturated heterocycles. The van der Waals surface area contributed by atoms with E-state index in [1.165, 1.54) is 6.26 Å². The van der Waals surface area contributed by atoms with Crippen molar-refractivity contribution in [2.45, 2.75) is 6.10 Å². The maximum atomic E-state index is 10.5. The minimum atomic E-state index is -0.859. The van der Waals surface area contributed by atoms with Gasteiger partial charge in [-0.1, -0.05) is 18.2 Å². The summed E-state index contributed by atoms with van der Waals surface area (Å²) in [4.78, 5) is 10.5. The Morgan fingerprint density at radius 3 is 2.92 bits per heavy atom. The molecular formula is C10H8O3. The molecule has 1 N–H and O–H groups in total. The molecule has 13 heavy (non-hydrogen) atoms. The molecule has 66 valence electrons. The van der Waals surface area contributed by atoms with Crippen molar-refractivity contribution in [2.24, 2.45) is 0 Å². The molecule has 0 aliphatic carbocycles. The Bertz CT molecular complexity index is 368. The predicted molar refractivity (Wildman–Crippen MR) is 46.2 cm³/mol. The first-order chi connectivity index (χ1) is 6.33. The molecule has 1 heterocycles. The fourth-order valence-electron chi connectivity index (χ4n) is 1.28. The number of aldehydes is 1. The Morgan fingerprint density at radius 2 is 2.15 bits per heavy atom. The standard InChI is InChI=1S/C10H8O3/c11-5-7-6-13-9-4-2-1-3-8(9)10(7)12/h1-6,10,12H. The van der Waals surface area contributed by atoms with Gasteiger partial charge >= 0.3 is 0 Å². The summed E-state index contributed by atoms with van der Waals surface area (Å²) in [5.41, 5.74) is 0.880. The van der Waals surface area contributed by atoms with Gasteiger partial charge in [0.15, 0.2) is 6.29 Å². The first kappa shape index (κ1) is 8.01. The van der Waals surface area contributed by atoms with Crippen LogP contribution in [0.4, 0.5) is 0 Å². The smallest absolute Gasteiger partial charge is 0.152 e. The van der Waals surface area contributed by atoms with Crippen LogP contribution in [0.3, 0.4) is 0 Å². The number of aliphatic hydroxyl groups excluding tert-OH is 1. The monoisotopic (exact) mass is 176 g/mol. The van der Waals surface area contributed by atoms with Crippen LogP contribution in [0.5, 0.6) is 5.75 Å². The zero-order chi connectivity index (χ0) is 9.26. The van der Waals surface area contributed by atoms with E-state index in [4.69, 9.17) is 4.74 Å². The quantitative estimate of drug-likeness (QED) is 0.654. The van der Waals surface area contributed by atoms with Gasteiger partial charge < -0.3 is 9.84 Å². The van der Waals surface area contributed by atoms with Crippen LogP contribution in [0, 0.1) is 0 Å². The Hall–Kier alpha value is -1.61. The van der Waals surface area contributed by atoms with Crippen molar-refractivity contribution in [3.63, 3.8) is 0 Å². The van der Waals surface area contributed by atoms with Crippen LogP contribution in [-0.2, 0) is 4.79 Å². The number of benzene rings is 1. The molecule has 0 spiro atoms. The maximum absolute atomic E-state index is 10.5. The Labute approximate surface area is 75.3 Å². The Morgan fingerprint density at radius 1 is 1.38 bits per heavy atom. The van der Waals surface area contributed by atoms with Crippen molar-refractivity contribution in [3.05, 3.63) is 41.7 Å². The zero-order valence-corrected chi connectivity index (χ0v) is 6.81. The second-order valence-corrected chi connectivity index (χ2v) is 2.79. The average Bonchev–Trinajstić information content (AvgIpc) is 2.19. The molecule has 1 aliphatic heterocycles. The lowest BCUT2D eigenvalue weighted by atomic mass is 10.0. The summed E-state index contributed by atoms with van der Waals surface area (Å²) in [5.74, 6) is 0.598. The number of carbonyl (C=O) groups excluding carboxylic acids is 1. The summed E-state index contributed by atoms with van der Waals surface area (Å²) in [7, 11) is 0. The van der Waals surface area contributed by atoms with Crippen LogP contribution in [0.25, 0.3) is 0 Å². The zero-order valence-electron chi connectivity index (χ0n) is 6.81. The van der Waals surface area contributed by atoms with Crippen molar-refractivity contribution < 1.29 is 14.6 Å². The third-order valence-electron chi connectivity index (χ3n) is 1.99. The highest BCUT2D eigenvalue weighted by Crippen LogP contribution is 2.32. The third kappa shape index (κ3) is 1.23. The van der Waals surface area contributed by atoms with Crippen LogP contribution < -0.4 is 4.74 Å². The highest BCUT2D eigenvalue weighted by Gasteiger charge is 2.21. The molecule has 2 rings (SSSR count). The van der Waals surface area contributed by atoms with Gasteiger partial charge in [0.2, 0.25) is 0 Å². The van der Waals surface area contributed by atoms with Gasteiger partial charge in [-0.05, 0) is 6.07 Å². The van der Waals surface area contributed by atoms with E-state index in [0.717, 1.165) is 0 Å². The Kier molecular flexibility index (Phi) is 1.87. The maximum Gasteiger partial charge on any atom is 0.152 e. The van der Waals surface area contributed by atoms with Crippen molar-refractivity contribution in [1.29, 1.82) is 0 Å². The largest absolute Gasteiger partial charge is 0.464 e. The normalized spacial score (nSPS) is 19.8. The number of hydrogen-bond acceptors (Lipinski definition) is 3. The van der Waals surface area contributed by atoms with E-state index in [-0.39, 0.29) is 5.57 Å². The minimum Gasteiger partial charge on any atom is -0.464 e. The average molecular weight is 176 g/mol. The number of rotatable bonds is 1. The second-order valence-electron chi connectivity index (χ2n) is 2.79. The summed E-state index contributed by atoms with van der Waals surface area (Å²) < 4.78 is 5.14. The number of aliphatic hydroxyl groups is 1. The fourth-order valence-corrected chi connectivity index (χ4v) is 1.28. The first-order valence-corrected chi connectivity index (χ1v) is 3.92. The van der Waals surface area contributed by atoms with Gasteiger partial charge in [0.1, 0.15) is 18.1 Å². The van der Waals surface area contributed by atoms with E-state index in [0.29, 0.717) is 17.6 Å². The number of carbonyl (C=O) groups is 1. The summed E-state index contributed by atoms with van der Waals surface area (Å²) >= 11 is 0.